The van der Waals surface area contributed by atoms with Crippen molar-refractivity contribution in [1.82, 2.24) is 4.90 Å². The molecule has 22 heavy (non-hydrogen) atoms. The summed E-state index contributed by atoms with van der Waals surface area (Å²) in [4.78, 5) is 24.9. The Morgan fingerprint density at radius 1 is 1.27 bits per heavy atom. The highest BCUT2D eigenvalue weighted by atomic mass is 19.1. The molecule has 0 atom stereocenters. The van der Waals surface area contributed by atoms with Crippen molar-refractivity contribution in [2.45, 2.75) is 32.9 Å². The summed E-state index contributed by atoms with van der Waals surface area (Å²) in [5.41, 5.74) is 0.175. The highest BCUT2D eigenvalue weighted by molar-refractivity contribution is 5.97. The molecule has 0 aliphatic carbocycles. The molecule has 6 heteroatoms. The van der Waals surface area contributed by atoms with E-state index in [1.165, 1.54) is 17.0 Å². The monoisotopic (exact) mass is 309 g/mol. The summed E-state index contributed by atoms with van der Waals surface area (Å²) in [5.74, 6) is -2.65. The molecule has 0 bridgehead atoms. The number of hydrogen-bond acceptors (Lipinski definition) is 4. The van der Waals surface area contributed by atoms with Crippen molar-refractivity contribution in [2.24, 2.45) is 0 Å². The van der Waals surface area contributed by atoms with Gasteiger partial charge in [-0.1, -0.05) is 12.1 Å². The summed E-state index contributed by atoms with van der Waals surface area (Å²) < 4.78 is 17.3. The molecule has 1 aromatic carbocycles. The normalized spacial score (nSPS) is 12.0. The van der Waals surface area contributed by atoms with E-state index >= 15 is 0 Å². The molecule has 0 unspecified atom stereocenters. The van der Waals surface area contributed by atoms with Crippen LogP contribution >= 0.6 is 0 Å². The lowest BCUT2D eigenvalue weighted by Crippen LogP contribution is -2.44. The predicted molar refractivity (Wildman–Crippen MR) is 79.4 cm³/mol. The lowest BCUT2D eigenvalue weighted by atomic mass is 10.0. The molecule has 0 heterocycles. The SMILES string of the molecule is COC(=O)C(O)=CC(=O)N(Cc1ccc(F)cc1)C(C)(C)C. The minimum absolute atomic E-state index is 0.216. The van der Waals surface area contributed by atoms with Gasteiger partial charge in [0, 0.05) is 12.1 Å². The molecule has 0 saturated carbocycles. The standard InChI is InChI=1S/C16H20FNO4/c1-16(2,3)18(10-11-5-7-12(17)8-6-11)14(20)9-13(19)15(21)22-4/h5-9,19H,10H2,1-4H3. The largest absolute Gasteiger partial charge is 0.502 e. The molecule has 0 radical (unpaired) electrons. The van der Waals surface area contributed by atoms with Crippen molar-refractivity contribution in [1.29, 1.82) is 0 Å². The highest BCUT2D eigenvalue weighted by Crippen LogP contribution is 2.19. The van der Waals surface area contributed by atoms with Crippen LogP contribution in [0.5, 0.6) is 0 Å². The van der Waals surface area contributed by atoms with Gasteiger partial charge in [-0.3, -0.25) is 4.79 Å². The van der Waals surface area contributed by atoms with Gasteiger partial charge in [-0.25, -0.2) is 9.18 Å². The quantitative estimate of drug-likeness (QED) is 0.527. The molecule has 0 aromatic heterocycles. The van der Waals surface area contributed by atoms with E-state index in [-0.39, 0.29) is 12.4 Å². The highest BCUT2D eigenvalue weighted by Gasteiger charge is 2.26. The first-order valence-electron chi connectivity index (χ1n) is 6.70. The van der Waals surface area contributed by atoms with Gasteiger partial charge in [-0.2, -0.15) is 0 Å². The number of aliphatic hydroxyl groups excluding tert-OH is 1. The van der Waals surface area contributed by atoms with Gasteiger partial charge in [0.2, 0.25) is 5.76 Å². The maximum atomic E-state index is 12.9. The van der Waals surface area contributed by atoms with Crippen molar-refractivity contribution >= 4 is 11.9 Å². The number of amides is 1. The molecular formula is C16H20FNO4. The third kappa shape index (κ3) is 4.87. The molecule has 1 rings (SSSR count). The van der Waals surface area contributed by atoms with E-state index < -0.39 is 23.2 Å². The predicted octanol–water partition coefficient (Wildman–Crippen LogP) is 2.57. The van der Waals surface area contributed by atoms with Gasteiger partial charge in [0.05, 0.1) is 13.2 Å². The average Bonchev–Trinajstić information content (AvgIpc) is 2.44. The smallest absolute Gasteiger partial charge is 0.373 e. The Hall–Kier alpha value is -2.37. The molecule has 0 aliphatic rings. The van der Waals surface area contributed by atoms with E-state index in [4.69, 9.17) is 0 Å². The fourth-order valence-corrected chi connectivity index (χ4v) is 1.78. The summed E-state index contributed by atoms with van der Waals surface area (Å²) in [6, 6.07) is 5.77. The molecule has 120 valence electrons. The number of carbonyl (C=O) groups excluding carboxylic acids is 2. The van der Waals surface area contributed by atoms with Gasteiger partial charge in [-0.15, -0.1) is 0 Å². The zero-order valence-electron chi connectivity index (χ0n) is 13.1. The fourth-order valence-electron chi connectivity index (χ4n) is 1.78. The number of carbonyl (C=O) groups is 2. The molecule has 1 amide bonds. The zero-order chi connectivity index (χ0) is 16.9. The van der Waals surface area contributed by atoms with Gasteiger partial charge < -0.3 is 14.7 Å². The Balaban J connectivity index is 3.01. The molecule has 1 aromatic rings. The van der Waals surface area contributed by atoms with E-state index in [0.29, 0.717) is 0 Å². The molecule has 1 N–H and O–H groups in total. The Morgan fingerprint density at radius 3 is 2.27 bits per heavy atom. The second-order valence-electron chi connectivity index (χ2n) is 5.74. The number of halogens is 1. The van der Waals surface area contributed by atoms with E-state index in [1.54, 1.807) is 12.1 Å². The van der Waals surface area contributed by atoms with E-state index in [1.807, 2.05) is 20.8 Å². The lowest BCUT2D eigenvalue weighted by Gasteiger charge is -2.35. The van der Waals surface area contributed by atoms with Gasteiger partial charge in [-0.05, 0) is 38.5 Å². The van der Waals surface area contributed by atoms with E-state index in [0.717, 1.165) is 18.7 Å². The number of nitrogens with zero attached hydrogens (tertiary/aromatic N) is 1. The number of rotatable bonds is 4. The number of hydrogen-bond donors (Lipinski definition) is 1. The minimum atomic E-state index is -0.982. The number of benzene rings is 1. The summed E-state index contributed by atoms with van der Waals surface area (Å²) in [6.07, 6.45) is 0.820. The second-order valence-corrected chi connectivity index (χ2v) is 5.74. The summed E-state index contributed by atoms with van der Waals surface area (Å²) in [7, 11) is 1.11. The lowest BCUT2D eigenvalue weighted by molar-refractivity contribution is -0.140. The molecular weight excluding hydrogens is 289 g/mol. The van der Waals surface area contributed by atoms with Crippen LogP contribution in [0.3, 0.4) is 0 Å². The average molecular weight is 309 g/mol. The van der Waals surface area contributed by atoms with Crippen LogP contribution in [-0.4, -0.2) is 34.5 Å². The van der Waals surface area contributed by atoms with Crippen LogP contribution in [0, 0.1) is 5.82 Å². The first-order valence-corrected chi connectivity index (χ1v) is 6.70. The van der Waals surface area contributed by atoms with Gasteiger partial charge in [0.15, 0.2) is 0 Å². The third-order valence-electron chi connectivity index (χ3n) is 2.98. The Kier molecular flexibility index (Phi) is 5.68. The second kappa shape index (κ2) is 7.06. The number of esters is 1. The molecule has 0 fully saturated rings. The topological polar surface area (TPSA) is 66.8 Å². The molecule has 0 spiro atoms. The molecule has 0 aliphatic heterocycles. The zero-order valence-corrected chi connectivity index (χ0v) is 13.1. The van der Waals surface area contributed by atoms with Crippen LogP contribution in [-0.2, 0) is 20.9 Å². The van der Waals surface area contributed by atoms with Gasteiger partial charge in [0.25, 0.3) is 5.91 Å². The Bertz CT molecular complexity index is 573. The third-order valence-corrected chi connectivity index (χ3v) is 2.98. The van der Waals surface area contributed by atoms with Crippen molar-refractivity contribution < 1.29 is 23.8 Å². The van der Waals surface area contributed by atoms with Crippen LogP contribution in [0.1, 0.15) is 26.3 Å². The van der Waals surface area contributed by atoms with Crippen LogP contribution in [0.4, 0.5) is 4.39 Å². The van der Waals surface area contributed by atoms with Crippen LogP contribution in [0.15, 0.2) is 36.1 Å². The Labute approximate surface area is 129 Å². The fraction of sp³-hybridized carbons (Fsp3) is 0.375. The maximum Gasteiger partial charge on any atom is 0.373 e. The van der Waals surface area contributed by atoms with Crippen molar-refractivity contribution in [3.63, 3.8) is 0 Å². The minimum Gasteiger partial charge on any atom is -0.502 e. The van der Waals surface area contributed by atoms with Crippen molar-refractivity contribution in [3.05, 3.63) is 47.5 Å². The van der Waals surface area contributed by atoms with Crippen LogP contribution in [0.25, 0.3) is 0 Å². The first kappa shape index (κ1) is 17.7. The number of ether oxygens (including phenoxy) is 1. The van der Waals surface area contributed by atoms with Crippen LogP contribution < -0.4 is 0 Å². The summed E-state index contributed by atoms with van der Waals surface area (Å²) in [5, 5.41) is 9.49. The van der Waals surface area contributed by atoms with Crippen molar-refractivity contribution in [2.75, 3.05) is 7.11 Å². The van der Waals surface area contributed by atoms with E-state index in [2.05, 4.69) is 4.74 Å². The van der Waals surface area contributed by atoms with Crippen molar-refractivity contribution in [3.8, 4) is 0 Å². The molecule has 0 saturated heterocycles. The van der Waals surface area contributed by atoms with Crippen LogP contribution in [0.2, 0.25) is 0 Å². The van der Waals surface area contributed by atoms with Gasteiger partial charge in [0.1, 0.15) is 5.82 Å². The number of aliphatic hydroxyl groups is 1. The Morgan fingerprint density at radius 2 is 1.82 bits per heavy atom. The maximum absolute atomic E-state index is 12.9. The first-order chi connectivity index (χ1) is 10.1. The molecule has 5 nitrogen and oxygen atoms in total. The summed E-state index contributed by atoms with van der Waals surface area (Å²) >= 11 is 0. The van der Waals surface area contributed by atoms with Gasteiger partial charge >= 0.3 is 5.97 Å². The summed E-state index contributed by atoms with van der Waals surface area (Å²) in [6.45, 7) is 5.67. The van der Waals surface area contributed by atoms with E-state index in [9.17, 15) is 19.1 Å². The number of methoxy groups -OCH3 is 1.